The third-order valence-electron chi connectivity index (χ3n) is 5.25. The molecule has 3 heterocycles. The van der Waals surface area contributed by atoms with Crippen LogP contribution in [0, 0.1) is 6.92 Å². The van der Waals surface area contributed by atoms with Crippen molar-refractivity contribution in [3.63, 3.8) is 0 Å². The third-order valence-corrected chi connectivity index (χ3v) is 5.25. The van der Waals surface area contributed by atoms with Crippen LogP contribution in [0.3, 0.4) is 0 Å². The number of alkyl halides is 3. The summed E-state index contributed by atoms with van der Waals surface area (Å²) in [5.74, 6) is -0.628. The minimum absolute atomic E-state index is 0.0854. The summed E-state index contributed by atoms with van der Waals surface area (Å²) >= 11 is 0. The Labute approximate surface area is 187 Å². The van der Waals surface area contributed by atoms with Crippen LogP contribution in [0.2, 0.25) is 0 Å². The number of pyridine rings is 1. The van der Waals surface area contributed by atoms with Gasteiger partial charge in [0.2, 0.25) is 0 Å². The minimum atomic E-state index is -4.50. The molecule has 0 unspecified atom stereocenters. The van der Waals surface area contributed by atoms with E-state index in [1.807, 2.05) is 49.8 Å². The Hall–Kier alpha value is -3.73. The van der Waals surface area contributed by atoms with Gasteiger partial charge in [-0.3, -0.25) is 14.9 Å². The largest absolute Gasteiger partial charge is 0.405 e. The van der Waals surface area contributed by atoms with Crippen molar-refractivity contribution in [2.45, 2.75) is 26.6 Å². The van der Waals surface area contributed by atoms with E-state index in [2.05, 4.69) is 30.5 Å². The zero-order valence-corrected chi connectivity index (χ0v) is 18.0. The topological polar surface area (TPSA) is 111 Å². The van der Waals surface area contributed by atoms with Crippen LogP contribution in [0.25, 0.3) is 33.5 Å². The molecule has 1 aromatic carbocycles. The molecule has 172 valence electrons. The number of halogens is 3. The average molecular weight is 457 g/mol. The smallest absolute Gasteiger partial charge is 0.342 e. The number of benzene rings is 1. The molecule has 33 heavy (non-hydrogen) atoms. The van der Waals surface area contributed by atoms with Crippen molar-refractivity contribution in [2.24, 2.45) is 0 Å². The van der Waals surface area contributed by atoms with Crippen molar-refractivity contribution in [1.29, 1.82) is 0 Å². The molecule has 0 spiro atoms. The number of rotatable bonds is 7. The predicted molar refractivity (Wildman–Crippen MR) is 117 cm³/mol. The standard InChI is InChI=1S/C22H22F3N7O/c1-3-26-7-14-8-27-9-16(12(14)2)13-4-5-17-15(6-13)19(32-31-17)20-28-10-18(30-20)21(33)29-11-22(23,24)25/h4-6,8-10,26H,3,7,11H2,1-2H3,(H,28,30)(H,29,33)(H,31,32). The minimum Gasteiger partial charge on any atom is -0.342 e. The summed E-state index contributed by atoms with van der Waals surface area (Å²) in [5.41, 5.74) is 5.24. The van der Waals surface area contributed by atoms with Crippen molar-refractivity contribution in [2.75, 3.05) is 13.1 Å². The number of amides is 1. The highest BCUT2D eigenvalue weighted by Crippen LogP contribution is 2.31. The van der Waals surface area contributed by atoms with Crippen molar-refractivity contribution < 1.29 is 18.0 Å². The second kappa shape index (κ2) is 9.02. The number of nitrogens with zero attached hydrogens (tertiary/aromatic N) is 3. The molecule has 8 nitrogen and oxygen atoms in total. The Balaban J connectivity index is 1.65. The van der Waals surface area contributed by atoms with E-state index in [0.717, 1.165) is 39.7 Å². The lowest BCUT2D eigenvalue weighted by Crippen LogP contribution is -2.33. The van der Waals surface area contributed by atoms with Crippen LogP contribution in [0.4, 0.5) is 13.2 Å². The SMILES string of the molecule is CCNCc1cncc(-c2ccc3[nH]nc(-c4ncc(C(=O)NCC(F)(F)F)[nH]4)c3c2)c1C. The fraction of sp³-hybridized carbons (Fsp3) is 0.273. The molecule has 1 amide bonds. The fourth-order valence-corrected chi connectivity index (χ4v) is 3.49. The van der Waals surface area contributed by atoms with Crippen molar-refractivity contribution in [1.82, 2.24) is 35.8 Å². The molecule has 4 rings (SSSR count). The maximum absolute atomic E-state index is 12.4. The number of imidazole rings is 1. The summed E-state index contributed by atoms with van der Waals surface area (Å²) in [5, 5.41) is 13.1. The molecule has 11 heteroatoms. The molecule has 0 fully saturated rings. The predicted octanol–water partition coefficient (Wildman–Crippen LogP) is 3.73. The summed E-state index contributed by atoms with van der Waals surface area (Å²) in [6.45, 7) is 4.24. The Morgan fingerprint density at radius 3 is 2.76 bits per heavy atom. The summed E-state index contributed by atoms with van der Waals surface area (Å²) < 4.78 is 37.1. The number of carbonyl (C=O) groups excluding carboxylic acids is 1. The summed E-state index contributed by atoms with van der Waals surface area (Å²) in [6.07, 6.45) is 0.340. The van der Waals surface area contributed by atoms with E-state index in [1.54, 1.807) is 0 Å². The van der Waals surface area contributed by atoms with E-state index in [9.17, 15) is 18.0 Å². The number of aromatic nitrogens is 5. The van der Waals surface area contributed by atoms with Crippen LogP contribution in [-0.2, 0) is 6.54 Å². The van der Waals surface area contributed by atoms with Crippen molar-refractivity contribution in [3.8, 4) is 22.6 Å². The lowest BCUT2D eigenvalue weighted by Gasteiger charge is -2.11. The highest BCUT2D eigenvalue weighted by atomic mass is 19.4. The van der Waals surface area contributed by atoms with Gasteiger partial charge in [0.25, 0.3) is 5.91 Å². The van der Waals surface area contributed by atoms with Crippen LogP contribution in [0.5, 0.6) is 0 Å². The molecule has 4 aromatic rings. The first-order valence-electron chi connectivity index (χ1n) is 10.3. The first-order valence-corrected chi connectivity index (χ1v) is 10.3. The van der Waals surface area contributed by atoms with E-state index in [-0.39, 0.29) is 11.5 Å². The maximum atomic E-state index is 12.4. The average Bonchev–Trinajstić information content (AvgIpc) is 3.43. The first kappa shape index (κ1) is 22.5. The summed E-state index contributed by atoms with van der Waals surface area (Å²) in [7, 11) is 0. The monoisotopic (exact) mass is 457 g/mol. The van der Waals surface area contributed by atoms with E-state index in [4.69, 9.17) is 0 Å². The Morgan fingerprint density at radius 1 is 1.18 bits per heavy atom. The van der Waals surface area contributed by atoms with Gasteiger partial charge in [-0.2, -0.15) is 18.3 Å². The van der Waals surface area contributed by atoms with Crippen LogP contribution in [0.15, 0.2) is 36.8 Å². The number of fused-ring (bicyclic) bond motifs is 1. The van der Waals surface area contributed by atoms with Crippen molar-refractivity contribution >= 4 is 16.8 Å². The summed E-state index contributed by atoms with van der Waals surface area (Å²) in [4.78, 5) is 23.3. The zero-order valence-electron chi connectivity index (χ0n) is 18.0. The zero-order chi connectivity index (χ0) is 23.6. The van der Waals surface area contributed by atoms with Crippen LogP contribution < -0.4 is 10.6 Å². The Morgan fingerprint density at radius 2 is 2.00 bits per heavy atom. The third kappa shape index (κ3) is 4.87. The number of H-pyrrole nitrogens is 2. The number of hydrogen-bond donors (Lipinski definition) is 4. The quantitative estimate of drug-likeness (QED) is 0.338. The molecule has 0 saturated carbocycles. The van der Waals surface area contributed by atoms with Gasteiger partial charge >= 0.3 is 6.18 Å². The van der Waals surface area contributed by atoms with Crippen LogP contribution >= 0.6 is 0 Å². The van der Waals surface area contributed by atoms with Gasteiger partial charge in [-0.05, 0) is 42.3 Å². The summed E-state index contributed by atoms with van der Waals surface area (Å²) in [6, 6.07) is 5.79. The molecular formula is C22H22F3N7O. The molecule has 0 aliphatic heterocycles. The van der Waals surface area contributed by atoms with Crippen molar-refractivity contribution in [3.05, 3.63) is 53.6 Å². The number of nitrogens with one attached hydrogen (secondary N) is 4. The molecule has 0 radical (unpaired) electrons. The molecule has 0 aliphatic rings. The molecule has 0 aliphatic carbocycles. The van der Waals surface area contributed by atoms with Gasteiger partial charge in [0.15, 0.2) is 5.82 Å². The van der Waals surface area contributed by atoms with Gasteiger partial charge in [-0.1, -0.05) is 13.0 Å². The van der Waals surface area contributed by atoms with Crippen LogP contribution in [0.1, 0.15) is 28.5 Å². The lowest BCUT2D eigenvalue weighted by molar-refractivity contribution is -0.123. The van der Waals surface area contributed by atoms with E-state index in [1.165, 1.54) is 6.20 Å². The highest BCUT2D eigenvalue weighted by molar-refractivity contribution is 5.96. The molecule has 4 N–H and O–H groups in total. The van der Waals surface area contributed by atoms with Gasteiger partial charge < -0.3 is 15.6 Å². The van der Waals surface area contributed by atoms with Gasteiger partial charge in [-0.25, -0.2) is 4.98 Å². The number of aromatic amines is 2. The fourth-order valence-electron chi connectivity index (χ4n) is 3.49. The normalized spacial score (nSPS) is 11.8. The van der Waals surface area contributed by atoms with Gasteiger partial charge in [0.05, 0.1) is 11.7 Å². The molecule has 0 bridgehead atoms. The second-order valence-electron chi connectivity index (χ2n) is 7.53. The van der Waals surface area contributed by atoms with E-state index < -0.39 is 18.6 Å². The highest BCUT2D eigenvalue weighted by Gasteiger charge is 2.28. The van der Waals surface area contributed by atoms with E-state index in [0.29, 0.717) is 12.2 Å². The Kier molecular flexibility index (Phi) is 6.14. The van der Waals surface area contributed by atoms with Gasteiger partial charge in [-0.15, -0.1) is 0 Å². The van der Waals surface area contributed by atoms with E-state index >= 15 is 0 Å². The van der Waals surface area contributed by atoms with Gasteiger partial charge in [0, 0.05) is 29.9 Å². The van der Waals surface area contributed by atoms with Crippen LogP contribution in [-0.4, -0.2) is 50.3 Å². The lowest BCUT2D eigenvalue weighted by atomic mass is 9.98. The number of carbonyl (C=O) groups is 1. The molecule has 0 saturated heterocycles. The molecular weight excluding hydrogens is 435 g/mol. The maximum Gasteiger partial charge on any atom is 0.405 e. The first-order chi connectivity index (χ1) is 15.8. The Bertz CT molecular complexity index is 1290. The number of hydrogen-bond acceptors (Lipinski definition) is 5. The van der Waals surface area contributed by atoms with Gasteiger partial charge in [0.1, 0.15) is 17.9 Å². The second-order valence-corrected chi connectivity index (χ2v) is 7.53. The molecule has 3 aromatic heterocycles. The molecule has 0 atom stereocenters.